The first kappa shape index (κ1) is 23.2. The summed E-state index contributed by atoms with van der Waals surface area (Å²) in [5.74, 6) is 0.0970. The summed E-state index contributed by atoms with van der Waals surface area (Å²) in [5, 5.41) is 9.05. The molecule has 7 heteroatoms. The summed E-state index contributed by atoms with van der Waals surface area (Å²) in [7, 11) is 0. The summed E-state index contributed by atoms with van der Waals surface area (Å²) in [6.07, 6.45) is 6.81. The lowest BCUT2D eigenvalue weighted by atomic mass is 10.0. The van der Waals surface area contributed by atoms with Crippen molar-refractivity contribution in [3.8, 4) is 5.69 Å². The minimum atomic E-state index is -0.109. The number of para-hydroxylation sites is 1. The summed E-state index contributed by atoms with van der Waals surface area (Å²) in [6.45, 7) is 9.74. The lowest BCUT2D eigenvalue weighted by Crippen LogP contribution is -2.42. The van der Waals surface area contributed by atoms with Gasteiger partial charge in [-0.05, 0) is 58.7 Å². The molecule has 0 bridgehead atoms. The summed E-state index contributed by atoms with van der Waals surface area (Å²) < 4.78 is 3.60. The Balaban J connectivity index is 1.37. The number of rotatable bonds is 8. The molecular formula is C26H35N5O2. The van der Waals surface area contributed by atoms with Crippen LogP contribution < -0.4 is 10.9 Å². The van der Waals surface area contributed by atoms with Gasteiger partial charge in [-0.15, -0.1) is 0 Å². The van der Waals surface area contributed by atoms with Gasteiger partial charge in [0.1, 0.15) is 0 Å². The molecule has 3 aromatic rings. The number of amides is 1. The Morgan fingerprint density at radius 1 is 1.12 bits per heavy atom. The molecule has 1 N–H and O–H groups in total. The molecule has 33 heavy (non-hydrogen) atoms. The number of aryl methyl sites for hydroxylation is 2. The monoisotopic (exact) mass is 449 g/mol. The third-order valence-electron chi connectivity index (χ3n) is 6.99. The van der Waals surface area contributed by atoms with Crippen molar-refractivity contribution in [2.75, 3.05) is 19.6 Å². The molecule has 1 amide bonds. The maximum atomic E-state index is 13.2. The Kier molecular flexibility index (Phi) is 7.28. The Labute approximate surface area is 195 Å². The second kappa shape index (κ2) is 10.3. The molecule has 1 atom stereocenters. The first-order valence-electron chi connectivity index (χ1n) is 12.1. The molecule has 1 saturated heterocycles. The van der Waals surface area contributed by atoms with Gasteiger partial charge in [0, 0.05) is 48.9 Å². The van der Waals surface area contributed by atoms with E-state index in [2.05, 4.69) is 26.8 Å². The van der Waals surface area contributed by atoms with Crippen LogP contribution in [-0.4, -0.2) is 50.8 Å². The molecule has 0 spiro atoms. The predicted octanol–water partition coefficient (Wildman–Crippen LogP) is 3.57. The van der Waals surface area contributed by atoms with Gasteiger partial charge in [0.15, 0.2) is 0 Å². The number of fused-ring (bicyclic) bond motifs is 1. The van der Waals surface area contributed by atoms with E-state index in [1.807, 2.05) is 44.2 Å². The molecule has 176 valence electrons. The SMILES string of the molecule is Cc1c2cnn(-c3ccccc3)c(=O)c2c(C)n1CCCC(=O)NCCN1CCCCC1C. The van der Waals surface area contributed by atoms with E-state index >= 15 is 0 Å². The molecular weight excluding hydrogens is 414 g/mol. The molecule has 0 saturated carbocycles. The van der Waals surface area contributed by atoms with Crippen LogP contribution in [0, 0.1) is 13.8 Å². The Morgan fingerprint density at radius 2 is 1.91 bits per heavy atom. The second-order valence-corrected chi connectivity index (χ2v) is 9.14. The second-order valence-electron chi connectivity index (χ2n) is 9.14. The maximum absolute atomic E-state index is 13.2. The van der Waals surface area contributed by atoms with Gasteiger partial charge in [0.2, 0.25) is 5.91 Å². The number of hydrogen-bond donors (Lipinski definition) is 1. The molecule has 1 fully saturated rings. The molecule has 1 aliphatic heterocycles. The summed E-state index contributed by atoms with van der Waals surface area (Å²) >= 11 is 0. The van der Waals surface area contributed by atoms with Gasteiger partial charge in [0.05, 0.1) is 17.3 Å². The van der Waals surface area contributed by atoms with Crippen LogP contribution in [0.3, 0.4) is 0 Å². The molecule has 1 aromatic carbocycles. The number of nitrogens with one attached hydrogen (secondary N) is 1. The van der Waals surface area contributed by atoms with E-state index < -0.39 is 0 Å². The molecule has 2 aromatic heterocycles. The number of benzene rings is 1. The van der Waals surface area contributed by atoms with Crippen LogP contribution in [-0.2, 0) is 11.3 Å². The van der Waals surface area contributed by atoms with E-state index in [9.17, 15) is 9.59 Å². The van der Waals surface area contributed by atoms with Gasteiger partial charge in [-0.1, -0.05) is 24.6 Å². The highest BCUT2D eigenvalue weighted by molar-refractivity contribution is 5.87. The third-order valence-corrected chi connectivity index (χ3v) is 6.99. The van der Waals surface area contributed by atoms with Gasteiger partial charge in [0.25, 0.3) is 5.56 Å². The molecule has 0 radical (unpaired) electrons. The average molecular weight is 450 g/mol. The van der Waals surface area contributed by atoms with Gasteiger partial charge >= 0.3 is 0 Å². The van der Waals surface area contributed by atoms with Crippen molar-refractivity contribution in [3.05, 3.63) is 58.3 Å². The summed E-state index contributed by atoms with van der Waals surface area (Å²) in [6, 6.07) is 10.1. The van der Waals surface area contributed by atoms with Gasteiger partial charge < -0.3 is 9.88 Å². The molecule has 3 heterocycles. The number of carbonyl (C=O) groups is 1. The fourth-order valence-corrected chi connectivity index (χ4v) is 5.01. The van der Waals surface area contributed by atoms with Crippen molar-refractivity contribution in [2.24, 2.45) is 0 Å². The van der Waals surface area contributed by atoms with E-state index in [1.165, 1.54) is 23.9 Å². The van der Waals surface area contributed by atoms with E-state index in [-0.39, 0.29) is 11.5 Å². The van der Waals surface area contributed by atoms with Crippen molar-refractivity contribution in [1.29, 1.82) is 0 Å². The predicted molar refractivity (Wildman–Crippen MR) is 132 cm³/mol. The number of carbonyl (C=O) groups excluding carboxylic acids is 1. The quantitative estimate of drug-likeness (QED) is 0.571. The van der Waals surface area contributed by atoms with Crippen LogP contribution in [0.1, 0.15) is 50.4 Å². The highest BCUT2D eigenvalue weighted by Gasteiger charge is 2.18. The largest absolute Gasteiger partial charge is 0.355 e. The van der Waals surface area contributed by atoms with Crippen LogP contribution in [0.5, 0.6) is 0 Å². The molecule has 0 aliphatic carbocycles. The number of hydrogen-bond acceptors (Lipinski definition) is 4. The summed E-state index contributed by atoms with van der Waals surface area (Å²) in [5.41, 5.74) is 2.60. The first-order valence-corrected chi connectivity index (χ1v) is 12.1. The fraction of sp³-hybridized carbons (Fsp3) is 0.500. The topological polar surface area (TPSA) is 72.2 Å². The Morgan fingerprint density at radius 3 is 2.67 bits per heavy atom. The van der Waals surface area contributed by atoms with E-state index in [4.69, 9.17) is 0 Å². The Hall–Kier alpha value is -2.93. The van der Waals surface area contributed by atoms with Crippen LogP contribution in [0.2, 0.25) is 0 Å². The van der Waals surface area contributed by atoms with Crippen LogP contribution >= 0.6 is 0 Å². The van der Waals surface area contributed by atoms with E-state index in [1.54, 1.807) is 6.20 Å². The standard InChI is InChI=1S/C26H35N5O2/c1-19-10-7-8-15-29(19)17-14-27-24(32)13-9-16-30-20(2)23-18-28-31(22-11-5-4-6-12-22)26(33)25(23)21(30)3/h4-6,11-12,18-19H,7-10,13-17H2,1-3H3,(H,27,32). The summed E-state index contributed by atoms with van der Waals surface area (Å²) in [4.78, 5) is 28.0. The van der Waals surface area contributed by atoms with Crippen molar-refractivity contribution in [3.63, 3.8) is 0 Å². The molecule has 1 aliphatic rings. The van der Waals surface area contributed by atoms with Crippen LogP contribution in [0.25, 0.3) is 16.5 Å². The minimum absolute atomic E-state index is 0.0970. The van der Waals surface area contributed by atoms with Gasteiger partial charge in [-0.2, -0.15) is 9.78 Å². The molecule has 4 rings (SSSR count). The van der Waals surface area contributed by atoms with Crippen molar-refractivity contribution < 1.29 is 4.79 Å². The van der Waals surface area contributed by atoms with Crippen molar-refractivity contribution in [1.82, 2.24) is 24.6 Å². The Bertz CT molecular complexity index is 1160. The highest BCUT2D eigenvalue weighted by atomic mass is 16.1. The van der Waals surface area contributed by atoms with Gasteiger partial charge in [-0.3, -0.25) is 14.5 Å². The highest BCUT2D eigenvalue weighted by Crippen LogP contribution is 2.23. The fourth-order valence-electron chi connectivity index (χ4n) is 5.01. The zero-order valence-corrected chi connectivity index (χ0v) is 20.0. The lowest BCUT2D eigenvalue weighted by molar-refractivity contribution is -0.121. The van der Waals surface area contributed by atoms with Crippen molar-refractivity contribution >= 4 is 16.7 Å². The molecule has 7 nitrogen and oxygen atoms in total. The van der Waals surface area contributed by atoms with Crippen molar-refractivity contribution in [2.45, 2.75) is 65.5 Å². The van der Waals surface area contributed by atoms with Crippen LogP contribution in [0.15, 0.2) is 41.3 Å². The number of likely N-dealkylation sites (tertiary alicyclic amines) is 1. The zero-order valence-electron chi connectivity index (χ0n) is 20.0. The smallest absolute Gasteiger partial charge is 0.281 e. The van der Waals surface area contributed by atoms with E-state index in [0.717, 1.165) is 42.0 Å². The molecule has 1 unspecified atom stereocenters. The van der Waals surface area contributed by atoms with Crippen LogP contribution in [0.4, 0.5) is 0 Å². The third kappa shape index (κ3) is 5.03. The minimum Gasteiger partial charge on any atom is -0.355 e. The number of aromatic nitrogens is 3. The first-order chi connectivity index (χ1) is 16.0. The van der Waals surface area contributed by atoms with E-state index in [0.29, 0.717) is 30.9 Å². The number of piperidine rings is 1. The zero-order chi connectivity index (χ0) is 23.4. The maximum Gasteiger partial charge on any atom is 0.281 e. The average Bonchev–Trinajstić information content (AvgIpc) is 3.06. The normalized spacial score (nSPS) is 16.9. The lowest BCUT2D eigenvalue weighted by Gasteiger charge is -2.33. The number of nitrogens with zero attached hydrogens (tertiary/aromatic N) is 4. The van der Waals surface area contributed by atoms with Gasteiger partial charge in [-0.25, -0.2) is 0 Å².